The molecule has 5 rings (SSSR count). The Morgan fingerprint density at radius 1 is 1.05 bits per heavy atom. The number of nitrogens with zero attached hydrogens (tertiary/aromatic N) is 2. The van der Waals surface area contributed by atoms with Gasteiger partial charge in [-0.3, -0.25) is 9.59 Å². The lowest BCUT2D eigenvalue weighted by Gasteiger charge is -2.38. The predicted octanol–water partition coefficient (Wildman–Crippen LogP) is 6.48. The largest absolute Gasteiger partial charge is 0.486 e. The van der Waals surface area contributed by atoms with Crippen LogP contribution >= 0.6 is 11.3 Å². The summed E-state index contributed by atoms with van der Waals surface area (Å²) in [4.78, 5) is 32.0. The molecule has 0 aliphatic carbocycles. The molecule has 3 aromatic carbocycles. The van der Waals surface area contributed by atoms with Crippen LogP contribution in [0.5, 0.6) is 5.75 Å². The van der Waals surface area contributed by atoms with Gasteiger partial charge in [0.25, 0.3) is 5.91 Å². The summed E-state index contributed by atoms with van der Waals surface area (Å²) < 4.78 is 6.13. The number of carbonyl (C=O) groups excluding carboxylic acids is 2. The van der Waals surface area contributed by atoms with Gasteiger partial charge in [-0.05, 0) is 61.2 Å². The van der Waals surface area contributed by atoms with E-state index in [0.717, 1.165) is 39.4 Å². The van der Waals surface area contributed by atoms with Crippen molar-refractivity contribution in [3.8, 4) is 5.75 Å². The molecule has 0 radical (unpaired) electrons. The number of hydrogen-bond donors (Lipinski definition) is 1. The van der Waals surface area contributed by atoms with Crippen LogP contribution in [0.2, 0.25) is 0 Å². The smallest absolute Gasteiger partial charge is 0.275 e. The second-order valence-electron chi connectivity index (χ2n) is 9.60. The molecule has 2 amide bonds. The number of ether oxygens (including phenoxy) is 1. The number of amides is 2. The van der Waals surface area contributed by atoms with E-state index in [9.17, 15) is 9.59 Å². The van der Waals surface area contributed by atoms with Crippen LogP contribution in [-0.2, 0) is 17.8 Å². The average molecular weight is 526 g/mol. The molecule has 1 N–H and O–H groups in total. The summed E-state index contributed by atoms with van der Waals surface area (Å²) in [7, 11) is 0. The highest BCUT2D eigenvalue weighted by Crippen LogP contribution is 2.38. The molecule has 1 aromatic heterocycles. The number of aromatic nitrogens is 1. The maximum Gasteiger partial charge on any atom is 0.275 e. The summed E-state index contributed by atoms with van der Waals surface area (Å²) in [5, 5.41) is 5.35. The zero-order chi connectivity index (χ0) is 26.6. The Bertz CT molecular complexity index is 1460. The molecular weight excluding hydrogens is 494 g/mol. The fourth-order valence-electron chi connectivity index (χ4n) is 4.81. The van der Waals surface area contributed by atoms with E-state index >= 15 is 0 Å². The van der Waals surface area contributed by atoms with Gasteiger partial charge >= 0.3 is 0 Å². The van der Waals surface area contributed by atoms with Crippen LogP contribution in [0.3, 0.4) is 0 Å². The van der Waals surface area contributed by atoms with Crippen LogP contribution in [0.4, 0.5) is 5.69 Å². The molecule has 194 valence electrons. The van der Waals surface area contributed by atoms with Gasteiger partial charge in [-0.15, -0.1) is 11.3 Å². The van der Waals surface area contributed by atoms with Crippen molar-refractivity contribution in [2.45, 2.75) is 46.3 Å². The first-order valence-corrected chi connectivity index (χ1v) is 13.7. The Labute approximate surface area is 227 Å². The SMILES string of the molecule is CCC(=O)N1CCc2ccc(OCc3nc(C(=O)Nc4ccc(C)cc4)cs3)cc2C1c1cccc(C)c1. The molecule has 2 heterocycles. The lowest BCUT2D eigenvalue weighted by Crippen LogP contribution is -2.40. The van der Waals surface area contributed by atoms with Gasteiger partial charge in [-0.1, -0.05) is 60.5 Å². The number of fused-ring (bicyclic) bond motifs is 1. The van der Waals surface area contributed by atoms with E-state index in [4.69, 9.17) is 4.74 Å². The lowest BCUT2D eigenvalue weighted by atomic mass is 9.87. The van der Waals surface area contributed by atoms with Crippen LogP contribution in [0.1, 0.15) is 62.7 Å². The van der Waals surface area contributed by atoms with Crippen molar-refractivity contribution in [3.05, 3.63) is 111 Å². The molecular formula is C31H31N3O3S. The highest BCUT2D eigenvalue weighted by molar-refractivity contribution is 7.09. The van der Waals surface area contributed by atoms with E-state index in [0.29, 0.717) is 24.4 Å². The van der Waals surface area contributed by atoms with E-state index in [1.807, 2.05) is 55.1 Å². The first-order valence-electron chi connectivity index (χ1n) is 12.9. The molecule has 1 unspecified atom stereocenters. The Kier molecular flexibility index (Phi) is 7.56. The topological polar surface area (TPSA) is 71.5 Å². The van der Waals surface area contributed by atoms with Crippen molar-refractivity contribution < 1.29 is 14.3 Å². The Balaban J connectivity index is 1.33. The minimum absolute atomic E-state index is 0.146. The molecule has 6 nitrogen and oxygen atoms in total. The van der Waals surface area contributed by atoms with Gasteiger partial charge in [-0.2, -0.15) is 0 Å². The zero-order valence-electron chi connectivity index (χ0n) is 21.9. The number of carbonyl (C=O) groups is 2. The Hall–Kier alpha value is -3.97. The number of hydrogen-bond acceptors (Lipinski definition) is 5. The van der Waals surface area contributed by atoms with Crippen LogP contribution < -0.4 is 10.1 Å². The fourth-order valence-corrected chi connectivity index (χ4v) is 5.50. The molecule has 0 bridgehead atoms. The summed E-state index contributed by atoms with van der Waals surface area (Å²) in [6.45, 7) is 6.94. The number of anilines is 1. The van der Waals surface area contributed by atoms with Crippen molar-refractivity contribution in [2.75, 3.05) is 11.9 Å². The number of rotatable bonds is 7. The summed E-state index contributed by atoms with van der Waals surface area (Å²) in [6, 6.07) is 22.0. The quantitative estimate of drug-likeness (QED) is 0.300. The molecule has 1 aliphatic heterocycles. The number of aryl methyl sites for hydroxylation is 2. The molecule has 0 saturated carbocycles. The summed E-state index contributed by atoms with van der Waals surface area (Å²) in [5.41, 5.74) is 6.83. The molecule has 38 heavy (non-hydrogen) atoms. The minimum atomic E-state index is -0.244. The van der Waals surface area contributed by atoms with Crippen molar-refractivity contribution in [2.24, 2.45) is 0 Å². The maximum absolute atomic E-state index is 12.9. The number of nitrogens with one attached hydrogen (secondary N) is 1. The maximum atomic E-state index is 12.9. The molecule has 0 saturated heterocycles. The fraction of sp³-hybridized carbons (Fsp3) is 0.258. The standard InChI is InChI=1S/C31H31N3O3S/c1-4-29(35)34-15-14-22-10-13-25(17-26(22)30(34)23-7-5-6-21(3)16-23)37-18-28-33-27(19-38-28)31(36)32-24-11-8-20(2)9-12-24/h5-13,16-17,19,30H,4,14-15,18H2,1-3H3,(H,32,36). The first kappa shape index (κ1) is 25.7. The van der Waals surface area contributed by atoms with Crippen LogP contribution in [0.15, 0.2) is 72.1 Å². The highest BCUT2D eigenvalue weighted by Gasteiger charge is 2.31. The van der Waals surface area contributed by atoms with Gasteiger partial charge in [0.05, 0.1) is 6.04 Å². The van der Waals surface area contributed by atoms with Gasteiger partial charge < -0.3 is 15.0 Å². The lowest BCUT2D eigenvalue weighted by molar-refractivity contribution is -0.132. The molecule has 1 aliphatic rings. The average Bonchev–Trinajstić information content (AvgIpc) is 3.41. The van der Waals surface area contributed by atoms with Crippen molar-refractivity contribution in [1.29, 1.82) is 0 Å². The van der Waals surface area contributed by atoms with Gasteiger partial charge in [0, 0.05) is 24.0 Å². The molecule has 4 aromatic rings. The normalized spacial score (nSPS) is 14.6. The third-order valence-electron chi connectivity index (χ3n) is 6.78. The van der Waals surface area contributed by atoms with Gasteiger partial charge in [0.15, 0.2) is 0 Å². The first-order chi connectivity index (χ1) is 18.4. The highest BCUT2D eigenvalue weighted by atomic mass is 32.1. The van der Waals surface area contributed by atoms with E-state index in [-0.39, 0.29) is 24.5 Å². The van der Waals surface area contributed by atoms with Crippen molar-refractivity contribution in [1.82, 2.24) is 9.88 Å². The molecule has 1 atom stereocenters. The predicted molar refractivity (Wildman–Crippen MR) is 151 cm³/mol. The van der Waals surface area contributed by atoms with E-state index in [1.54, 1.807) is 5.38 Å². The van der Waals surface area contributed by atoms with E-state index < -0.39 is 0 Å². The van der Waals surface area contributed by atoms with E-state index in [1.165, 1.54) is 16.9 Å². The van der Waals surface area contributed by atoms with Crippen LogP contribution in [-0.4, -0.2) is 28.2 Å². The Morgan fingerprint density at radius 3 is 2.63 bits per heavy atom. The summed E-state index contributed by atoms with van der Waals surface area (Å²) in [6.07, 6.45) is 1.29. The number of benzene rings is 3. The summed E-state index contributed by atoms with van der Waals surface area (Å²) in [5.74, 6) is 0.618. The monoisotopic (exact) mass is 525 g/mol. The second-order valence-corrected chi connectivity index (χ2v) is 10.5. The van der Waals surface area contributed by atoms with Crippen LogP contribution in [0, 0.1) is 13.8 Å². The molecule has 0 spiro atoms. The van der Waals surface area contributed by atoms with E-state index in [2.05, 4.69) is 47.6 Å². The summed E-state index contributed by atoms with van der Waals surface area (Å²) >= 11 is 1.40. The minimum Gasteiger partial charge on any atom is -0.486 e. The van der Waals surface area contributed by atoms with Crippen molar-refractivity contribution in [3.63, 3.8) is 0 Å². The van der Waals surface area contributed by atoms with Gasteiger partial charge in [0.1, 0.15) is 23.1 Å². The third kappa shape index (κ3) is 5.63. The Morgan fingerprint density at radius 2 is 1.87 bits per heavy atom. The second kappa shape index (κ2) is 11.2. The molecule has 7 heteroatoms. The van der Waals surface area contributed by atoms with Crippen molar-refractivity contribution >= 4 is 28.8 Å². The molecule has 0 fully saturated rings. The van der Waals surface area contributed by atoms with Crippen LogP contribution in [0.25, 0.3) is 0 Å². The van der Waals surface area contributed by atoms with Gasteiger partial charge in [-0.25, -0.2) is 4.98 Å². The zero-order valence-corrected chi connectivity index (χ0v) is 22.7. The number of thiazole rings is 1. The third-order valence-corrected chi connectivity index (χ3v) is 7.60. The van der Waals surface area contributed by atoms with Gasteiger partial charge in [0.2, 0.25) is 5.91 Å².